The molecular weight excluding hydrogens is 318 g/mol. The highest BCUT2D eigenvalue weighted by molar-refractivity contribution is 5.70. The van der Waals surface area contributed by atoms with Crippen molar-refractivity contribution in [1.82, 2.24) is 4.90 Å². The molecule has 1 fully saturated rings. The lowest BCUT2D eigenvalue weighted by Crippen LogP contribution is -2.64. The van der Waals surface area contributed by atoms with Gasteiger partial charge in [0.05, 0.1) is 13.7 Å². The SMILES string of the molecule is CCOC(=O)N1CC[C@]23c4c5ccc(OC)c4O[C@H]2C=CC[C@H]3[C@H]1C5. The number of ether oxygens (including phenoxy) is 3. The van der Waals surface area contributed by atoms with Gasteiger partial charge in [0, 0.05) is 23.6 Å². The molecule has 132 valence electrons. The van der Waals surface area contributed by atoms with E-state index in [0.29, 0.717) is 12.5 Å². The predicted molar refractivity (Wildman–Crippen MR) is 92.2 cm³/mol. The Labute approximate surface area is 147 Å². The maximum atomic E-state index is 12.5. The Kier molecular flexibility index (Phi) is 3.12. The zero-order valence-corrected chi connectivity index (χ0v) is 14.7. The maximum Gasteiger partial charge on any atom is 0.410 e. The van der Waals surface area contributed by atoms with E-state index >= 15 is 0 Å². The number of likely N-dealkylation sites (tertiary alicyclic amines) is 1. The number of carbonyl (C=O) groups excluding carboxylic acids is 1. The van der Waals surface area contributed by atoms with Crippen molar-refractivity contribution in [1.29, 1.82) is 0 Å². The molecule has 1 amide bonds. The van der Waals surface area contributed by atoms with E-state index in [1.54, 1.807) is 7.11 Å². The van der Waals surface area contributed by atoms with Crippen molar-refractivity contribution in [3.8, 4) is 11.5 Å². The minimum Gasteiger partial charge on any atom is -0.493 e. The van der Waals surface area contributed by atoms with Crippen LogP contribution in [0.4, 0.5) is 4.79 Å². The van der Waals surface area contributed by atoms with Crippen LogP contribution in [0.15, 0.2) is 24.3 Å². The van der Waals surface area contributed by atoms with E-state index in [9.17, 15) is 4.79 Å². The van der Waals surface area contributed by atoms with Crippen molar-refractivity contribution in [2.24, 2.45) is 5.92 Å². The van der Waals surface area contributed by atoms with Gasteiger partial charge < -0.3 is 19.1 Å². The molecule has 4 atom stereocenters. The van der Waals surface area contributed by atoms with Crippen molar-refractivity contribution < 1.29 is 19.0 Å². The normalized spacial score (nSPS) is 33.5. The number of hydrogen-bond donors (Lipinski definition) is 0. The molecule has 5 heteroatoms. The van der Waals surface area contributed by atoms with E-state index < -0.39 is 0 Å². The molecule has 1 aromatic carbocycles. The molecular formula is C20H23NO4. The largest absolute Gasteiger partial charge is 0.493 e. The number of amides is 1. The molecule has 0 radical (unpaired) electrons. The Bertz CT molecular complexity index is 773. The molecule has 2 bridgehead atoms. The second kappa shape index (κ2) is 5.16. The summed E-state index contributed by atoms with van der Waals surface area (Å²) in [6, 6.07) is 4.33. The molecule has 2 aliphatic carbocycles. The summed E-state index contributed by atoms with van der Waals surface area (Å²) < 4.78 is 17.3. The van der Waals surface area contributed by atoms with E-state index in [4.69, 9.17) is 14.2 Å². The van der Waals surface area contributed by atoms with Gasteiger partial charge in [-0.2, -0.15) is 0 Å². The molecule has 5 rings (SSSR count). The van der Waals surface area contributed by atoms with Crippen LogP contribution in [0.25, 0.3) is 0 Å². The Morgan fingerprint density at radius 3 is 3.12 bits per heavy atom. The monoisotopic (exact) mass is 341 g/mol. The average molecular weight is 341 g/mol. The summed E-state index contributed by atoms with van der Waals surface area (Å²) in [5.41, 5.74) is 2.61. The molecule has 1 aromatic rings. The number of piperidine rings is 1. The van der Waals surface area contributed by atoms with E-state index in [1.807, 2.05) is 17.9 Å². The number of carbonyl (C=O) groups is 1. The quantitative estimate of drug-likeness (QED) is 0.776. The Balaban J connectivity index is 1.67. The Morgan fingerprint density at radius 2 is 2.32 bits per heavy atom. The van der Waals surface area contributed by atoms with Crippen LogP contribution in [0.5, 0.6) is 11.5 Å². The maximum absolute atomic E-state index is 12.5. The summed E-state index contributed by atoms with van der Waals surface area (Å²) >= 11 is 0. The first-order chi connectivity index (χ1) is 12.2. The number of allylic oxidation sites excluding steroid dienone is 1. The van der Waals surface area contributed by atoms with Gasteiger partial charge in [-0.3, -0.25) is 0 Å². The highest BCUT2D eigenvalue weighted by Gasteiger charge is 2.63. The van der Waals surface area contributed by atoms with Gasteiger partial charge in [-0.15, -0.1) is 0 Å². The molecule has 2 aliphatic heterocycles. The van der Waals surface area contributed by atoms with Gasteiger partial charge in [0.2, 0.25) is 0 Å². The predicted octanol–water partition coefficient (Wildman–Crippen LogP) is 3.06. The van der Waals surface area contributed by atoms with E-state index in [-0.39, 0.29) is 23.7 Å². The summed E-state index contributed by atoms with van der Waals surface area (Å²) in [6.07, 6.45) is 7.06. The Hall–Kier alpha value is -2.17. The van der Waals surface area contributed by atoms with Crippen LogP contribution in [-0.4, -0.2) is 43.4 Å². The molecule has 1 spiro atoms. The molecule has 5 nitrogen and oxygen atoms in total. The number of benzene rings is 1. The van der Waals surface area contributed by atoms with Crippen LogP contribution < -0.4 is 9.47 Å². The van der Waals surface area contributed by atoms with Gasteiger partial charge in [-0.05, 0) is 49.8 Å². The second-order valence-electron chi connectivity index (χ2n) is 7.39. The minimum absolute atomic E-state index is 0.0279. The van der Waals surface area contributed by atoms with Crippen LogP contribution in [0.2, 0.25) is 0 Å². The van der Waals surface area contributed by atoms with Gasteiger partial charge in [-0.1, -0.05) is 12.1 Å². The zero-order chi connectivity index (χ0) is 17.2. The zero-order valence-electron chi connectivity index (χ0n) is 14.7. The lowest BCUT2D eigenvalue weighted by atomic mass is 9.53. The molecule has 25 heavy (non-hydrogen) atoms. The van der Waals surface area contributed by atoms with E-state index in [0.717, 1.165) is 37.3 Å². The highest BCUT2D eigenvalue weighted by Crippen LogP contribution is 2.62. The summed E-state index contributed by atoms with van der Waals surface area (Å²) in [7, 11) is 1.70. The van der Waals surface area contributed by atoms with Gasteiger partial charge in [0.15, 0.2) is 11.5 Å². The number of rotatable bonds is 2. The van der Waals surface area contributed by atoms with Gasteiger partial charge in [-0.25, -0.2) is 4.79 Å². The van der Waals surface area contributed by atoms with Crippen LogP contribution >= 0.6 is 0 Å². The molecule has 1 saturated heterocycles. The standard InChI is InChI=1S/C20H23NO4/c1-3-24-19(22)21-10-9-20-13-5-4-6-16(20)25-18-15(23-2)8-7-12(17(18)20)11-14(13)21/h4,6-8,13-14,16H,3,5,9-11H2,1-2H3/t13-,14+,16-,20+/m0/s1. The molecule has 0 unspecified atom stereocenters. The summed E-state index contributed by atoms with van der Waals surface area (Å²) in [6.45, 7) is 3.01. The first-order valence-corrected chi connectivity index (χ1v) is 9.17. The summed E-state index contributed by atoms with van der Waals surface area (Å²) in [4.78, 5) is 14.5. The molecule has 4 aliphatic rings. The topological polar surface area (TPSA) is 48.0 Å². The molecule has 0 saturated carbocycles. The molecule has 0 N–H and O–H groups in total. The minimum atomic E-state index is -0.176. The van der Waals surface area contributed by atoms with Crippen molar-refractivity contribution >= 4 is 6.09 Å². The fourth-order valence-corrected chi connectivity index (χ4v) is 5.66. The number of methoxy groups -OCH3 is 1. The van der Waals surface area contributed by atoms with Crippen molar-refractivity contribution in [3.05, 3.63) is 35.4 Å². The van der Waals surface area contributed by atoms with Gasteiger partial charge in [0.25, 0.3) is 0 Å². The number of nitrogens with zero attached hydrogens (tertiary/aromatic N) is 1. The lowest BCUT2D eigenvalue weighted by Gasteiger charge is -2.56. The third-order valence-corrected chi connectivity index (χ3v) is 6.57. The molecule has 0 aromatic heterocycles. The fourth-order valence-electron chi connectivity index (χ4n) is 5.66. The lowest BCUT2D eigenvalue weighted by molar-refractivity contribution is -0.0153. The van der Waals surface area contributed by atoms with Gasteiger partial charge in [0.1, 0.15) is 6.10 Å². The van der Waals surface area contributed by atoms with E-state index in [1.165, 1.54) is 11.1 Å². The van der Waals surface area contributed by atoms with Crippen LogP contribution in [-0.2, 0) is 16.6 Å². The van der Waals surface area contributed by atoms with Gasteiger partial charge >= 0.3 is 6.09 Å². The van der Waals surface area contributed by atoms with Crippen molar-refractivity contribution in [3.63, 3.8) is 0 Å². The van der Waals surface area contributed by atoms with Crippen molar-refractivity contribution in [2.45, 2.75) is 43.7 Å². The van der Waals surface area contributed by atoms with E-state index in [2.05, 4.69) is 18.2 Å². The van der Waals surface area contributed by atoms with Crippen molar-refractivity contribution in [2.75, 3.05) is 20.3 Å². The third-order valence-electron chi connectivity index (χ3n) is 6.57. The summed E-state index contributed by atoms with van der Waals surface area (Å²) in [5.74, 6) is 2.12. The van der Waals surface area contributed by atoms with Crippen LogP contribution in [0, 0.1) is 5.92 Å². The Morgan fingerprint density at radius 1 is 1.44 bits per heavy atom. The first kappa shape index (κ1) is 15.1. The van der Waals surface area contributed by atoms with Crippen LogP contribution in [0.1, 0.15) is 30.9 Å². The van der Waals surface area contributed by atoms with Crippen LogP contribution in [0.3, 0.4) is 0 Å². The summed E-state index contributed by atoms with van der Waals surface area (Å²) in [5, 5.41) is 0. The number of hydrogen-bond acceptors (Lipinski definition) is 4. The highest BCUT2D eigenvalue weighted by atomic mass is 16.6. The third kappa shape index (κ3) is 1.76. The second-order valence-corrected chi connectivity index (χ2v) is 7.39. The average Bonchev–Trinajstić information content (AvgIpc) is 2.95. The first-order valence-electron chi connectivity index (χ1n) is 9.17. The fraction of sp³-hybridized carbons (Fsp3) is 0.550. The smallest absolute Gasteiger partial charge is 0.410 e. The molecule has 2 heterocycles.